The van der Waals surface area contributed by atoms with Crippen LogP contribution in [-0.2, 0) is 14.6 Å². The molecule has 5 heteroatoms. The molecular formula is C12H18O3S2. The molecule has 1 aromatic rings. The van der Waals surface area contributed by atoms with Gasteiger partial charge in [0, 0.05) is 11.5 Å². The molecule has 0 radical (unpaired) electrons. The third-order valence-corrected chi connectivity index (χ3v) is 6.55. The van der Waals surface area contributed by atoms with E-state index in [2.05, 4.69) is 0 Å². The Bertz CT molecular complexity index is 430. The largest absolute Gasteiger partial charge is 0.377 e. The summed E-state index contributed by atoms with van der Waals surface area (Å²) in [6.07, 6.45) is 2.90. The van der Waals surface area contributed by atoms with Crippen molar-refractivity contribution < 1.29 is 13.2 Å². The molecule has 0 saturated carbocycles. The molecule has 1 aromatic heterocycles. The van der Waals surface area contributed by atoms with Gasteiger partial charge < -0.3 is 4.74 Å². The van der Waals surface area contributed by atoms with Crippen molar-refractivity contribution in [1.82, 2.24) is 0 Å². The van der Waals surface area contributed by atoms with Crippen LogP contribution in [0.5, 0.6) is 0 Å². The molecule has 1 saturated heterocycles. The molecule has 0 spiro atoms. The Hall–Kier alpha value is -0.390. The minimum Gasteiger partial charge on any atom is -0.377 e. The normalized spacial score (nSPS) is 23.5. The van der Waals surface area contributed by atoms with Crippen LogP contribution < -0.4 is 0 Å². The Labute approximate surface area is 107 Å². The zero-order chi connectivity index (χ0) is 12.3. The summed E-state index contributed by atoms with van der Waals surface area (Å²) in [5.74, 6) is 0.159. The minimum absolute atomic E-state index is 0.101. The summed E-state index contributed by atoms with van der Waals surface area (Å²) >= 11 is 1.50. The summed E-state index contributed by atoms with van der Waals surface area (Å²) in [5, 5.41) is 1.51. The lowest BCUT2D eigenvalue weighted by Gasteiger charge is -2.23. The van der Waals surface area contributed by atoms with E-state index in [1.54, 1.807) is 6.92 Å². The predicted molar refractivity (Wildman–Crippen MR) is 70.1 cm³/mol. The van der Waals surface area contributed by atoms with Gasteiger partial charge in [-0.3, -0.25) is 0 Å². The second-order valence-corrected chi connectivity index (χ2v) is 7.82. The fourth-order valence-electron chi connectivity index (χ4n) is 2.04. The van der Waals surface area contributed by atoms with Crippen LogP contribution in [0.1, 0.15) is 36.3 Å². The zero-order valence-electron chi connectivity index (χ0n) is 9.96. The van der Waals surface area contributed by atoms with E-state index in [4.69, 9.17) is 4.74 Å². The molecule has 1 aliphatic rings. The first-order valence-corrected chi connectivity index (χ1v) is 8.55. The summed E-state index contributed by atoms with van der Waals surface area (Å²) in [7, 11) is -3.10. The molecule has 2 rings (SSSR count). The van der Waals surface area contributed by atoms with E-state index in [0.29, 0.717) is 6.61 Å². The SMILES string of the molecule is C[C@@H](c1cccs1)S(=O)(=O)C[C@@H]1CCCCO1. The Morgan fingerprint density at radius 2 is 2.35 bits per heavy atom. The molecule has 2 heterocycles. The van der Waals surface area contributed by atoms with Crippen molar-refractivity contribution >= 4 is 21.2 Å². The Kier molecular flexibility index (Phi) is 4.22. The summed E-state index contributed by atoms with van der Waals surface area (Å²) in [5.41, 5.74) is 0. The molecule has 0 amide bonds. The van der Waals surface area contributed by atoms with Crippen LogP contribution in [0.4, 0.5) is 0 Å². The molecule has 96 valence electrons. The van der Waals surface area contributed by atoms with E-state index < -0.39 is 15.1 Å². The lowest BCUT2D eigenvalue weighted by molar-refractivity contribution is 0.0304. The summed E-state index contributed by atoms with van der Waals surface area (Å²) < 4.78 is 30.0. The van der Waals surface area contributed by atoms with Crippen LogP contribution in [0.3, 0.4) is 0 Å². The highest BCUT2D eigenvalue weighted by molar-refractivity contribution is 7.91. The van der Waals surface area contributed by atoms with Gasteiger partial charge in [0.05, 0.1) is 17.1 Å². The average molecular weight is 274 g/mol. The first kappa shape index (κ1) is 13.1. The van der Waals surface area contributed by atoms with Crippen LogP contribution >= 0.6 is 11.3 Å². The molecule has 1 fully saturated rings. The van der Waals surface area contributed by atoms with Crippen LogP contribution in [0.15, 0.2) is 17.5 Å². The molecule has 1 aliphatic heterocycles. The quantitative estimate of drug-likeness (QED) is 0.848. The van der Waals surface area contributed by atoms with Crippen molar-refractivity contribution in [1.29, 1.82) is 0 Å². The molecule has 0 unspecified atom stereocenters. The van der Waals surface area contributed by atoms with Gasteiger partial charge >= 0.3 is 0 Å². The molecule has 0 aliphatic carbocycles. The van der Waals surface area contributed by atoms with Gasteiger partial charge in [0.1, 0.15) is 0 Å². The Morgan fingerprint density at radius 3 is 2.94 bits per heavy atom. The molecule has 2 atom stereocenters. The first-order chi connectivity index (χ1) is 8.09. The van der Waals surface area contributed by atoms with Gasteiger partial charge in [-0.2, -0.15) is 0 Å². The van der Waals surface area contributed by atoms with E-state index in [0.717, 1.165) is 24.1 Å². The van der Waals surface area contributed by atoms with E-state index in [1.165, 1.54) is 11.3 Å². The zero-order valence-corrected chi connectivity index (χ0v) is 11.6. The first-order valence-electron chi connectivity index (χ1n) is 5.96. The summed E-state index contributed by atoms with van der Waals surface area (Å²) in [6.45, 7) is 2.47. The van der Waals surface area contributed by atoms with Crippen LogP contribution in [0, 0.1) is 0 Å². The standard InChI is InChI=1S/C12H18O3S2/c1-10(12-6-4-8-16-12)17(13,14)9-11-5-2-3-7-15-11/h4,6,8,10-11H,2-3,5,7,9H2,1H3/t10-,11-/m0/s1. The van der Waals surface area contributed by atoms with Crippen molar-refractivity contribution in [2.45, 2.75) is 37.5 Å². The van der Waals surface area contributed by atoms with Gasteiger partial charge in [0.15, 0.2) is 9.84 Å². The smallest absolute Gasteiger partial charge is 0.160 e. The summed E-state index contributed by atoms with van der Waals surface area (Å²) in [6, 6.07) is 3.78. The van der Waals surface area contributed by atoms with Crippen molar-refractivity contribution in [2.24, 2.45) is 0 Å². The molecule has 17 heavy (non-hydrogen) atoms. The highest BCUT2D eigenvalue weighted by Gasteiger charge is 2.28. The summed E-state index contributed by atoms with van der Waals surface area (Å²) in [4.78, 5) is 0.917. The van der Waals surface area contributed by atoms with Crippen LogP contribution in [-0.4, -0.2) is 26.9 Å². The van der Waals surface area contributed by atoms with Gasteiger partial charge in [0.25, 0.3) is 0 Å². The van der Waals surface area contributed by atoms with Crippen molar-refractivity contribution in [3.8, 4) is 0 Å². The average Bonchev–Trinajstić information content (AvgIpc) is 2.82. The number of hydrogen-bond acceptors (Lipinski definition) is 4. The topological polar surface area (TPSA) is 43.4 Å². The third kappa shape index (κ3) is 3.30. The highest BCUT2D eigenvalue weighted by atomic mass is 32.2. The van der Waals surface area contributed by atoms with Gasteiger partial charge in [-0.1, -0.05) is 6.07 Å². The predicted octanol–water partition coefficient (Wildman–Crippen LogP) is 2.79. The van der Waals surface area contributed by atoms with Gasteiger partial charge in [-0.25, -0.2) is 8.42 Å². The second-order valence-electron chi connectivity index (χ2n) is 4.48. The van der Waals surface area contributed by atoms with Crippen molar-refractivity contribution in [3.05, 3.63) is 22.4 Å². The lowest BCUT2D eigenvalue weighted by atomic mass is 10.1. The maximum Gasteiger partial charge on any atom is 0.160 e. The van der Waals surface area contributed by atoms with Crippen molar-refractivity contribution in [3.63, 3.8) is 0 Å². The Morgan fingerprint density at radius 1 is 1.53 bits per heavy atom. The maximum atomic E-state index is 12.2. The van der Waals surface area contributed by atoms with Gasteiger partial charge in [0.2, 0.25) is 0 Å². The van der Waals surface area contributed by atoms with Gasteiger partial charge in [-0.15, -0.1) is 11.3 Å². The number of rotatable bonds is 4. The van der Waals surface area contributed by atoms with E-state index in [-0.39, 0.29) is 11.9 Å². The molecule has 0 bridgehead atoms. The highest BCUT2D eigenvalue weighted by Crippen LogP contribution is 2.28. The van der Waals surface area contributed by atoms with Crippen LogP contribution in [0.25, 0.3) is 0 Å². The number of thiophene rings is 1. The third-order valence-electron chi connectivity index (χ3n) is 3.17. The lowest BCUT2D eigenvalue weighted by Crippen LogP contribution is -2.29. The Balaban J connectivity index is 2.03. The van der Waals surface area contributed by atoms with Crippen molar-refractivity contribution in [2.75, 3.05) is 12.4 Å². The molecule has 0 N–H and O–H groups in total. The second kappa shape index (κ2) is 5.50. The number of hydrogen-bond donors (Lipinski definition) is 0. The maximum absolute atomic E-state index is 12.2. The van der Waals surface area contributed by atoms with E-state index in [9.17, 15) is 8.42 Å². The van der Waals surface area contributed by atoms with Gasteiger partial charge in [-0.05, 0) is 37.6 Å². The van der Waals surface area contributed by atoms with Crippen LogP contribution in [0.2, 0.25) is 0 Å². The fourth-order valence-corrected chi connectivity index (χ4v) is 4.81. The minimum atomic E-state index is -3.10. The number of sulfone groups is 1. The molecule has 0 aromatic carbocycles. The fraction of sp³-hybridized carbons (Fsp3) is 0.667. The monoisotopic (exact) mass is 274 g/mol. The number of ether oxygens (including phenoxy) is 1. The molecular weight excluding hydrogens is 256 g/mol. The molecule has 3 nitrogen and oxygen atoms in total. The van der Waals surface area contributed by atoms with E-state index in [1.807, 2.05) is 17.5 Å². The van der Waals surface area contributed by atoms with E-state index >= 15 is 0 Å².